The minimum Gasteiger partial charge on any atom is -0.382 e. The highest BCUT2D eigenvalue weighted by Gasteiger charge is 2.19. The van der Waals surface area contributed by atoms with E-state index in [-0.39, 0.29) is 0 Å². The molecule has 2 unspecified atom stereocenters. The van der Waals surface area contributed by atoms with Crippen molar-refractivity contribution in [1.29, 1.82) is 0 Å². The highest BCUT2D eigenvalue weighted by Crippen LogP contribution is 2.28. The van der Waals surface area contributed by atoms with Gasteiger partial charge in [-0.05, 0) is 31.2 Å². The Morgan fingerprint density at radius 2 is 2.15 bits per heavy atom. The van der Waals surface area contributed by atoms with E-state index in [1.165, 1.54) is 37.8 Å². The Morgan fingerprint density at radius 1 is 1.35 bits per heavy atom. The lowest BCUT2D eigenvalue weighted by Crippen LogP contribution is -2.18. The molecule has 0 aliphatic heterocycles. The van der Waals surface area contributed by atoms with E-state index < -0.39 is 16.4 Å². The molecule has 0 spiro atoms. The van der Waals surface area contributed by atoms with Crippen molar-refractivity contribution in [3.8, 4) is 0 Å². The van der Waals surface area contributed by atoms with E-state index in [9.17, 15) is 14.5 Å². The maximum Gasteiger partial charge on any atom is 0.304 e. The van der Waals surface area contributed by atoms with Crippen LogP contribution in [0.4, 0.5) is 15.8 Å². The van der Waals surface area contributed by atoms with E-state index in [4.69, 9.17) is 0 Å². The summed E-state index contributed by atoms with van der Waals surface area (Å²) in [5.41, 5.74) is 0.163. The van der Waals surface area contributed by atoms with Crippen LogP contribution < -0.4 is 5.32 Å². The summed E-state index contributed by atoms with van der Waals surface area (Å²) in [4.78, 5) is 9.89. The first-order valence-electron chi connectivity index (χ1n) is 7.30. The van der Waals surface area contributed by atoms with Crippen LogP contribution in [0.3, 0.4) is 0 Å². The van der Waals surface area contributed by atoms with Gasteiger partial charge in [0.25, 0.3) is 0 Å². The zero-order chi connectivity index (χ0) is 14.5. The molecular formula is C15H21FN2O2. The summed E-state index contributed by atoms with van der Waals surface area (Å²) in [6.45, 7) is 2.23. The molecule has 0 aromatic heterocycles. The molecule has 20 heavy (non-hydrogen) atoms. The molecule has 2 atom stereocenters. The molecule has 2 rings (SSSR count). The van der Waals surface area contributed by atoms with Gasteiger partial charge in [-0.2, -0.15) is 4.39 Å². The first-order chi connectivity index (χ1) is 9.60. The third-order valence-electron chi connectivity index (χ3n) is 4.18. The van der Waals surface area contributed by atoms with Crippen LogP contribution >= 0.6 is 0 Å². The number of hydrogen-bond donors (Lipinski definition) is 1. The Bertz CT molecular complexity index is 479. The summed E-state index contributed by atoms with van der Waals surface area (Å²) >= 11 is 0. The largest absolute Gasteiger partial charge is 0.382 e. The zero-order valence-corrected chi connectivity index (χ0v) is 11.8. The minimum atomic E-state index is -0.778. The van der Waals surface area contributed by atoms with Crippen LogP contribution in [-0.2, 0) is 0 Å². The number of nitrogens with zero attached hydrogens (tertiary/aromatic N) is 1. The van der Waals surface area contributed by atoms with Crippen LogP contribution in [0.5, 0.6) is 0 Å². The second-order valence-electron chi connectivity index (χ2n) is 5.55. The van der Waals surface area contributed by atoms with Crippen LogP contribution in [0.2, 0.25) is 0 Å². The summed E-state index contributed by atoms with van der Waals surface area (Å²) in [5.74, 6) is 0.0236. The lowest BCUT2D eigenvalue weighted by atomic mass is 9.98. The summed E-state index contributed by atoms with van der Waals surface area (Å²) < 4.78 is 13.6. The number of benzene rings is 1. The highest BCUT2D eigenvalue weighted by molar-refractivity contribution is 5.50. The van der Waals surface area contributed by atoms with E-state index >= 15 is 0 Å². The molecule has 0 amide bonds. The first kappa shape index (κ1) is 14.8. The molecule has 1 aliphatic rings. The Hall–Kier alpha value is -1.65. The van der Waals surface area contributed by atoms with E-state index in [1.54, 1.807) is 6.07 Å². The fourth-order valence-corrected chi connectivity index (χ4v) is 2.91. The van der Waals surface area contributed by atoms with Gasteiger partial charge >= 0.3 is 5.69 Å². The van der Waals surface area contributed by atoms with Gasteiger partial charge in [-0.15, -0.1) is 0 Å². The summed E-state index contributed by atoms with van der Waals surface area (Å²) in [5, 5.41) is 13.9. The highest BCUT2D eigenvalue weighted by atomic mass is 19.1. The molecule has 1 saturated carbocycles. The number of nitro benzene ring substituents is 1. The molecule has 110 valence electrons. The number of nitrogens with one attached hydrogen (secondary N) is 1. The lowest BCUT2D eigenvalue weighted by molar-refractivity contribution is -0.387. The Labute approximate surface area is 118 Å². The summed E-state index contributed by atoms with van der Waals surface area (Å²) in [6.07, 6.45) is 7.03. The standard InChI is InChI=1S/C15H21FN2O2/c1-2-11-4-3-5-12(7-6-11)17-13-8-9-15(18(19)20)14(16)10-13/h8-12,17H,2-7H2,1H3. The van der Waals surface area contributed by atoms with Crippen LogP contribution in [0.15, 0.2) is 18.2 Å². The van der Waals surface area contributed by atoms with E-state index in [1.807, 2.05) is 0 Å². The third kappa shape index (κ3) is 3.68. The molecule has 1 aromatic rings. The van der Waals surface area contributed by atoms with Gasteiger partial charge in [0.15, 0.2) is 0 Å². The van der Waals surface area contributed by atoms with Crippen LogP contribution in [0.1, 0.15) is 45.4 Å². The van der Waals surface area contributed by atoms with E-state index in [2.05, 4.69) is 12.2 Å². The molecule has 1 aromatic carbocycles. The average molecular weight is 280 g/mol. The summed E-state index contributed by atoms with van der Waals surface area (Å²) in [7, 11) is 0. The number of rotatable bonds is 4. The first-order valence-corrected chi connectivity index (χ1v) is 7.30. The predicted octanol–water partition coefficient (Wildman–Crippen LogP) is 4.50. The second-order valence-corrected chi connectivity index (χ2v) is 5.55. The average Bonchev–Trinajstić information content (AvgIpc) is 2.63. The Morgan fingerprint density at radius 3 is 2.80 bits per heavy atom. The van der Waals surface area contributed by atoms with Crippen molar-refractivity contribution in [3.63, 3.8) is 0 Å². The molecule has 0 heterocycles. The molecule has 1 N–H and O–H groups in total. The van der Waals surface area contributed by atoms with Crippen LogP contribution in [0, 0.1) is 21.8 Å². The van der Waals surface area contributed by atoms with Crippen LogP contribution in [0.25, 0.3) is 0 Å². The van der Waals surface area contributed by atoms with Crippen molar-refractivity contribution >= 4 is 11.4 Å². The maximum absolute atomic E-state index is 13.6. The van der Waals surface area contributed by atoms with Crippen molar-refractivity contribution in [2.45, 2.75) is 51.5 Å². The fraction of sp³-hybridized carbons (Fsp3) is 0.600. The lowest BCUT2D eigenvalue weighted by Gasteiger charge is -2.18. The maximum atomic E-state index is 13.6. The molecule has 1 aliphatic carbocycles. The fourth-order valence-electron chi connectivity index (χ4n) is 2.91. The number of anilines is 1. The van der Waals surface area contributed by atoms with Crippen molar-refractivity contribution in [3.05, 3.63) is 34.1 Å². The van der Waals surface area contributed by atoms with Gasteiger partial charge in [-0.3, -0.25) is 10.1 Å². The van der Waals surface area contributed by atoms with Crippen molar-refractivity contribution in [2.75, 3.05) is 5.32 Å². The van der Waals surface area contributed by atoms with Gasteiger partial charge < -0.3 is 5.32 Å². The zero-order valence-electron chi connectivity index (χ0n) is 11.8. The molecule has 0 saturated heterocycles. The molecule has 5 heteroatoms. The normalized spacial score (nSPS) is 23.1. The Kier molecular flexibility index (Phi) is 4.93. The second kappa shape index (κ2) is 6.68. The van der Waals surface area contributed by atoms with Gasteiger partial charge in [0.05, 0.1) is 4.92 Å². The monoisotopic (exact) mass is 280 g/mol. The van der Waals surface area contributed by atoms with Crippen molar-refractivity contribution < 1.29 is 9.31 Å². The van der Waals surface area contributed by atoms with Gasteiger partial charge in [0, 0.05) is 23.9 Å². The van der Waals surface area contributed by atoms with Crippen molar-refractivity contribution in [1.82, 2.24) is 0 Å². The topological polar surface area (TPSA) is 55.2 Å². The van der Waals surface area contributed by atoms with Gasteiger partial charge in [-0.25, -0.2) is 0 Å². The SMILES string of the molecule is CCC1CCCC(Nc2ccc([N+](=O)[O-])c(F)c2)CC1. The minimum absolute atomic E-state index is 0.340. The smallest absolute Gasteiger partial charge is 0.304 e. The van der Waals surface area contributed by atoms with Crippen molar-refractivity contribution in [2.24, 2.45) is 5.92 Å². The molecule has 4 nitrogen and oxygen atoms in total. The Balaban J connectivity index is 1.99. The molecular weight excluding hydrogens is 259 g/mol. The summed E-state index contributed by atoms with van der Waals surface area (Å²) in [6, 6.07) is 4.37. The van der Waals surface area contributed by atoms with E-state index in [0.717, 1.165) is 18.8 Å². The van der Waals surface area contributed by atoms with Gasteiger partial charge in [-0.1, -0.05) is 26.2 Å². The quantitative estimate of drug-likeness (QED) is 0.501. The van der Waals surface area contributed by atoms with Crippen LogP contribution in [-0.4, -0.2) is 11.0 Å². The van der Waals surface area contributed by atoms with Gasteiger partial charge in [0.1, 0.15) is 0 Å². The third-order valence-corrected chi connectivity index (χ3v) is 4.18. The molecule has 1 fully saturated rings. The number of nitro groups is 1. The predicted molar refractivity (Wildman–Crippen MR) is 77.3 cm³/mol. The molecule has 0 radical (unpaired) electrons. The van der Waals surface area contributed by atoms with E-state index in [0.29, 0.717) is 11.7 Å². The number of hydrogen-bond acceptors (Lipinski definition) is 3. The number of halogens is 1. The van der Waals surface area contributed by atoms with Gasteiger partial charge in [0.2, 0.25) is 5.82 Å². The molecule has 0 bridgehead atoms.